The van der Waals surface area contributed by atoms with Crippen molar-refractivity contribution in [1.82, 2.24) is 10.2 Å². The molecular formula is C29H32Cl3N3O5S. The second-order valence-electron chi connectivity index (χ2n) is 9.41. The Kier molecular flexibility index (Phi) is 11.3. The number of nitrogens with one attached hydrogen (secondary N) is 1. The molecule has 0 bridgehead atoms. The zero-order valence-corrected chi connectivity index (χ0v) is 26.2. The molecule has 0 radical (unpaired) electrons. The standard InChI is InChI=1S/C29H32Cl3N3O5S/c1-5-19(2)33-29(37)20(3)34(17-21-6-7-23(31)16-27(21)32)28(36)18-35(24-10-8-22(30)9-11-24)41(38,39)26-14-12-25(40-4)13-15-26/h6-16,19-20H,5,17-18H2,1-4H3,(H,33,37). The first kappa shape index (κ1) is 32.5. The second-order valence-corrected chi connectivity index (χ2v) is 12.6. The molecule has 220 valence electrons. The monoisotopic (exact) mass is 639 g/mol. The molecule has 3 aromatic carbocycles. The number of halogens is 3. The number of amides is 2. The van der Waals surface area contributed by atoms with Crippen molar-refractivity contribution < 1.29 is 22.7 Å². The molecule has 0 saturated carbocycles. The minimum Gasteiger partial charge on any atom is -0.497 e. The van der Waals surface area contributed by atoms with Crippen LogP contribution in [-0.4, -0.2) is 50.9 Å². The summed E-state index contributed by atoms with van der Waals surface area (Å²) in [7, 11) is -2.76. The van der Waals surface area contributed by atoms with E-state index in [9.17, 15) is 18.0 Å². The maximum absolute atomic E-state index is 14.0. The largest absolute Gasteiger partial charge is 0.497 e. The summed E-state index contributed by atoms with van der Waals surface area (Å²) < 4.78 is 33.9. The number of hydrogen-bond donors (Lipinski definition) is 1. The molecule has 3 rings (SSSR count). The number of rotatable bonds is 12. The van der Waals surface area contributed by atoms with Gasteiger partial charge in [0.15, 0.2) is 0 Å². The lowest BCUT2D eigenvalue weighted by molar-refractivity contribution is -0.139. The van der Waals surface area contributed by atoms with Gasteiger partial charge in [-0.15, -0.1) is 0 Å². The maximum Gasteiger partial charge on any atom is 0.264 e. The van der Waals surface area contributed by atoms with Gasteiger partial charge in [0.1, 0.15) is 18.3 Å². The van der Waals surface area contributed by atoms with Gasteiger partial charge in [0.05, 0.1) is 17.7 Å². The molecule has 0 aromatic heterocycles. The highest BCUT2D eigenvalue weighted by Crippen LogP contribution is 2.28. The number of methoxy groups -OCH3 is 1. The van der Waals surface area contributed by atoms with E-state index in [-0.39, 0.29) is 29.1 Å². The quantitative estimate of drug-likeness (QED) is 0.255. The smallest absolute Gasteiger partial charge is 0.264 e. The number of anilines is 1. The fourth-order valence-corrected chi connectivity index (χ4v) is 5.90. The summed E-state index contributed by atoms with van der Waals surface area (Å²) in [5, 5.41) is 4.01. The van der Waals surface area contributed by atoms with Crippen LogP contribution in [-0.2, 0) is 26.2 Å². The number of sulfonamides is 1. The fourth-order valence-electron chi connectivity index (χ4n) is 3.89. The number of benzene rings is 3. The summed E-state index contributed by atoms with van der Waals surface area (Å²) >= 11 is 18.5. The van der Waals surface area contributed by atoms with Crippen LogP contribution in [0.25, 0.3) is 0 Å². The first-order chi connectivity index (χ1) is 19.4. The topological polar surface area (TPSA) is 96.0 Å². The van der Waals surface area contributed by atoms with Gasteiger partial charge in [-0.25, -0.2) is 8.42 Å². The zero-order chi connectivity index (χ0) is 30.3. The van der Waals surface area contributed by atoms with Gasteiger partial charge in [0, 0.05) is 27.7 Å². The van der Waals surface area contributed by atoms with Crippen molar-refractivity contribution in [3.63, 3.8) is 0 Å². The van der Waals surface area contributed by atoms with E-state index < -0.39 is 28.5 Å². The lowest BCUT2D eigenvalue weighted by Gasteiger charge is -2.32. The second kappa shape index (κ2) is 14.3. The van der Waals surface area contributed by atoms with Crippen molar-refractivity contribution >= 4 is 62.3 Å². The van der Waals surface area contributed by atoms with Gasteiger partial charge in [0.25, 0.3) is 10.0 Å². The molecule has 2 unspecified atom stereocenters. The van der Waals surface area contributed by atoms with E-state index in [1.54, 1.807) is 25.1 Å². The lowest BCUT2D eigenvalue weighted by atomic mass is 10.1. The summed E-state index contributed by atoms with van der Waals surface area (Å²) in [4.78, 5) is 28.4. The molecule has 0 saturated heterocycles. The third-order valence-corrected chi connectivity index (χ3v) is 9.19. The van der Waals surface area contributed by atoms with Crippen molar-refractivity contribution in [2.75, 3.05) is 18.0 Å². The Labute approximate surface area is 256 Å². The van der Waals surface area contributed by atoms with Crippen LogP contribution in [0.15, 0.2) is 71.6 Å². The van der Waals surface area contributed by atoms with Crippen LogP contribution in [0.5, 0.6) is 5.75 Å². The van der Waals surface area contributed by atoms with E-state index in [0.29, 0.717) is 32.8 Å². The maximum atomic E-state index is 14.0. The molecule has 1 N–H and O–H groups in total. The first-order valence-corrected chi connectivity index (χ1v) is 15.4. The summed E-state index contributed by atoms with van der Waals surface area (Å²) in [6.07, 6.45) is 0.694. The molecule has 0 fully saturated rings. The minimum absolute atomic E-state index is 0.0455. The van der Waals surface area contributed by atoms with E-state index in [2.05, 4.69) is 5.32 Å². The average Bonchev–Trinajstić information content (AvgIpc) is 2.95. The van der Waals surface area contributed by atoms with Crippen LogP contribution < -0.4 is 14.4 Å². The van der Waals surface area contributed by atoms with Crippen molar-refractivity contribution in [3.05, 3.63) is 87.4 Å². The van der Waals surface area contributed by atoms with Crippen LogP contribution in [0.4, 0.5) is 5.69 Å². The van der Waals surface area contributed by atoms with Crippen molar-refractivity contribution in [2.45, 2.75) is 50.7 Å². The predicted octanol–water partition coefficient (Wildman–Crippen LogP) is 6.18. The first-order valence-electron chi connectivity index (χ1n) is 12.8. The van der Waals surface area contributed by atoms with E-state index >= 15 is 0 Å². The van der Waals surface area contributed by atoms with Gasteiger partial charge in [-0.3, -0.25) is 13.9 Å². The van der Waals surface area contributed by atoms with Crippen LogP contribution in [0, 0.1) is 0 Å². The number of nitrogens with zero attached hydrogens (tertiary/aromatic N) is 2. The molecule has 0 heterocycles. The van der Waals surface area contributed by atoms with E-state index in [1.807, 2.05) is 13.8 Å². The third-order valence-electron chi connectivity index (χ3n) is 6.57. The number of hydrogen-bond acceptors (Lipinski definition) is 5. The fraction of sp³-hybridized carbons (Fsp3) is 0.310. The Hall–Kier alpha value is -2.98. The van der Waals surface area contributed by atoms with Gasteiger partial charge >= 0.3 is 0 Å². The molecular weight excluding hydrogens is 609 g/mol. The van der Waals surface area contributed by atoms with Crippen LogP contribution in [0.3, 0.4) is 0 Å². The van der Waals surface area contributed by atoms with E-state index in [1.165, 1.54) is 60.5 Å². The molecule has 2 atom stereocenters. The molecule has 41 heavy (non-hydrogen) atoms. The molecule has 0 spiro atoms. The third kappa shape index (κ3) is 8.29. The molecule has 12 heteroatoms. The predicted molar refractivity (Wildman–Crippen MR) is 163 cm³/mol. The summed E-state index contributed by atoms with van der Waals surface area (Å²) in [6.45, 7) is 4.73. The highest BCUT2D eigenvalue weighted by Gasteiger charge is 2.33. The highest BCUT2D eigenvalue weighted by molar-refractivity contribution is 7.92. The van der Waals surface area contributed by atoms with Crippen LogP contribution in [0.1, 0.15) is 32.8 Å². The highest BCUT2D eigenvalue weighted by atomic mass is 35.5. The zero-order valence-electron chi connectivity index (χ0n) is 23.1. The van der Waals surface area contributed by atoms with Crippen LogP contribution in [0.2, 0.25) is 15.1 Å². The lowest BCUT2D eigenvalue weighted by Crippen LogP contribution is -2.52. The molecule has 2 amide bonds. The molecule has 0 aliphatic heterocycles. The van der Waals surface area contributed by atoms with Gasteiger partial charge in [-0.2, -0.15) is 0 Å². The summed E-state index contributed by atoms with van der Waals surface area (Å²) in [5.74, 6) is -0.520. The normalized spacial score (nSPS) is 12.8. The number of ether oxygens (including phenoxy) is 1. The van der Waals surface area contributed by atoms with Crippen molar-refractivity contribution in [1.29, 1.82) is 0 Å². The van der Waals surface area contributed by atoms with Gasteiger partial charge in [-0.05, 0) is 86.5 Å². The number of carbonyl (C=O) groups excluding carboxylic acids is 2. The Morgan fingerprint density at radius 3 is 2.10 bits per heavy atom. The van der Waals surface area contributed by atoms with Gasteiger partial charge in [0.2, 0.25) is 11.8 Å². The Morgan fingerprint density at radius 2 is 1.54 bits per heavy atom. The van der Waals surface area contributed by atoms with Gasteiger partial charge in [-0.1, -0.05) is 47.8 Å². The van der Waals surface area contributed by atoms with Gasteiger partial charge < -0.3 is 15.0 Å². The van der Waals surface area contributed by atoms with Crippen molar-refractivity contribution in [2.24, 2.45) is 0 Å². The summed E-state index contributed by atoms with van der Waals surface area (Å²) in [5.41, 5.74) is 0.767. The van der Waals surface area contributed by atoms with Crippen molar-refractivity contribution in [3.8, 4) is 5.75 Å². The minimum atomic E-state index is -4.23. The average molecular weight is 641 g/mol. The molecule has 3 aromatic rings. The molecule has 0 aliphatic rings. The molecule has 8 nitrogen and oxygen atoms in total. The Bertz CT molecular complexity index is 1470. The van der Waals surface area contributed by atoms with Crippen LogP contribution >= 0.6 is 34.8 Å². The van der Waals surface area contributed by atoms with E-state index in [4.69, 9.17) is 39.5 Å². The molecule has 0 aliphatic carbocycles. The Balaban J connectivity index is 2.04. The Morgan fingerprint density at radius 1 is 0.927 bits per heavy atom. The number of carbonyl (C=O) groups is 2. The summed E-state index contributed by atoms with van der Waals surface area (Å²) in [6, 6.07) is 15.7. The SMILES string of the molecule is CCC(C)NC(=O)C(C)N(Cc1ccc(Cl)cc1Cl)C(=O)CN(c1ccc(Cl)cc1)S(=O)(=O)c1ccc(OC)cc1. The van der Waals surface area contributed by atoms with E-state index in [0.717, 1.165) is 4.31 Å².